The summed E-state index contributed by atoms with van der Waals surface area (Å²) < 4.78 is 10.8. The molecule has 0 saturated carbocycles. The van der Waals surface area contributed by atoms with Crippen LogP contribution >= 0.6 is 0 Å². The van der Waals surface area contributed by atoms with Crippen LogP contribution < -0.4 is 9.47 Å². The summed E-state index contributed by atoms with van der Waals surface area (Å²) in [5, 5.41) is 0. The van der Waals surface area contributed by atoms with Crippen LogP contribution in [0.4, 0.5) is 0 Å². The molecule has 22 heavy (non-hydrogen) atoms. The van der Waals surface area contributed by atoms with E-state index in [1.807, 2.05) is 18.0 Å². The molecule has 0 radical (unpaired) electrons. The lowest BCUT2D eigenvalue weighted by Crippen LogP contribution is -2.28. The van der Waals surface area contributed by atoms with Crippen molar-refractivity contribution in [3.05, 3.63) is 23.3 Å². The van der Waals surface area contributed by atoms with Crippen molar-refractivity contribution >= 4 is 5.91 Å². The van der Waals surface area contributed by atoms with E-state index in [2.05, 4.69) is 13.0 Å². The predicted molar refractivity (Wildman–Crippen MR) is 87.8 cm³/mol. The number of methoxy groups -OCH3 is 2. The molecule has 1 atom stereocenters. The summed E-state index contributed by atoms with van der Waals surface area (Å²) in [6.07, 6.45) is 4.80. The number of carbonyl (C=O) groups is 1. The zero-order valence-corrected chi connectivity index (χ0v) is 14.1. The first-order valence-corrected chi connectivity index (χ1v) is 8.09. The van der Waals surface area contributed by atoms with Crippen molar-refractivity contribution in [2.45, 2.75) is 44.9 Å². The first-order valence-electron chi connectivity index (χ1n) is 8.09. The quantitative estimate of drug-likeness (QED) is 0.775. The summed E-state index contributed by atoms with van der Waals surface area (Å²) in [5.41, 5.74) is 2.53. The van der Waals surface area contributed by atoms with Crippen molar-refractivity contribution in [3.63, 3.8) is 0 Å². The number of hydrogen-bond donors (Lipinski definition) is 0. The summed E-state index contributed by atoms with van der Waals surface area (Å²) in [4.78, 5) is 14.2. The summed E-state index contributed by atoms with van der Waals surface area (Å²) in [5.74, 6) is 2.06. The van der Waals surface area contributed by atoms with Crippen LogP contribution in [-0.4, -0.2) is 38.6 Å². The Balaban J connectivity index is 2.10. The lowest BCUT2D eigenvalue weighted by molar-refractivity contribution is -0.130. The molecule has 4 heteroatoms. The smallest absolute Gasteiger partial charge is 0.222 e. The number of unbranched alkanes of at least 4 members (excludes halogenated alkanes) is 1. The highest BCUT2D eigenvalue weighted by Gasteiger charge is 2.27. The number of benzene rings is 1. The topological polar surface area (TPSA) is 38.8 Å². The fourth-order valence-electron chi connectivity index (χ4n) is 3.12. The van der Waals surface area contributed by atoms with Crippen LogP contribution in [0.2, 0.25) is 0 Å². The molecule has 0 saturated heterocycles. The highest BCUT2D eigenvalue weighted by Crippen LogP contribution is 2.41. The Morgan fingerprint density at radius 3 is 2.59 bits per heavy atom. The minimum absolute atomic E-state index is 0.237. The normalized spacial score (nSPS) is 16.3. The number of rotatable bonds is 7. The van der Waals surface area contributed by atoms with Gasteiger partial charge in [0.05, 0.1) is 14.2 Å². The van der Waals surface area contributed by atoms with Crippen molar-refractivity contribution < 1.29 is 14.3 Å². The Bertz CT molecular complexity index is 527. The van der Waals surface area contributed by atoms with Crippen LogP contribution in [-0.2, 0) is 11.2 Å². The summed E-state index contributed by atoms with van der Waals surface area (Å²) in [6, 6.07) is 4.10. The lowest BCUT2D eigenvalue weighted by Gasteiger charge is -2.20. The Labute approximate surface area is 133 Å². The van der Waals surface area contributed by atoms with Gasteiger partial charge in [0.15, 0.2) is 11.5 Å². The second kappa shape index (κ2) is 7.52. The predicted octanol–water partition coefficient (Wildman–Crippen LogP) is 3.38. The molecular formula is C18H27NO3. The van der Waals surface area contributed by atoms with Gasteiger partial charge >= 0.3 is 0 Å². The van der Waals surface area contributed by atoms with Crippen LogP contribution in [0, 0.1) is 0 Å². The average Bonchev–Trinajstić information content (AvgIpc) is 2.92. The van der Waals surface area contributed by atoms with Crippen LogP contribution in [0.3, 0.4) is 0 Å². The number of nitrogens with zero attached hydrogens (tertiary/aromatic N) is 1. The summed E-state index contributed by atoms with van der Waals surface area (Å²) >= 11 is 0. The maximum atomic E-state index is 12.4. The van der Waals surface area contributed by atoms with Crippen molar-refractivity contribution in [1.29, 1.82) is 0 Å². The highest BCUT2D eigenvalue weighted by molar-refractivity contribution is 5.77. The van der Waals surface area contributed by atoms with E-state index in [0.717, 1.165) is 43.7 Å². The van der Waals surface area contributed by atoms with Gasteiger partial charge in [0.1, 0.15) is 0 Å². The number of carbonyl (C=O) groups excluding carboxylic acids is 1. The maximum Gasteiger partial charge on any atom is 0.222 e. The van der Waals surface area contributed by atoms with Crippen molar-refractivity contribution in [1.82, 2.24) is 4.90 Å². The first kappa shape index (κ1) is 16.7. The second-order valence-corrected chi connectivity index (χ2v) is 6.01. The molecule has 0 bridgehead atoms. The molecule has 0 N–H and O–H groups in total. The highest BCUT2D eigenvalue weighted by atomic mass is 16.5. The standard InChI is InChI=1S/C18H27NO3/c1-5-6-9-19(2)18(20)11-14-8-7-13-10-16(21-3)17(22-4)12-15(13)14/h10,12,14H,5-9,11H2,1-4H3. The third-order valence-electron chi connectivity index (χ3n) is 4.54. The molecule has 1 aromatic rings. The molecule has 4 nitrogen and oxygen atoms in total. The molecule has 0 aliphatic heterocycles. The first-order chi connectivity index (χ1) is 10.6. The van der Waals surface area contributed by atoms with Crippen molar-refractivity contribution in [3.8, 4) is 11.5 Å². The van der Waals surface area contributed by atoms with E-state index in [9.17, 15) is 4.79 Å². The van der Waals surface area contributed by atoms with Crippen LogP contribution in [0.25, 0.3) is 0 Å². The number of aryl methyl sites for hydroxylation is 1. The van der Waals surface area contributed by atoms with Gasteiger partial charge < -0.3 is 14.4 Å². The van der Waals surface area contributed by atoms with Gasteiger partial charge in [-0.15, -0.1) is 0 Å². The Kier molecular flexibility index (Phi) is 5.69. The molecule has 2 rings (SSSR count). The van der Waals surface area contributed by atoms with Gasteiger partial charge in [-0.3, -0.25) is 4.79 Å². The van der Waals surface area contributed by atoms with Gasteiger partial charge in [-0.2, -0.15) is 0 Å². The SMILES string of the molecule is CCCCN(C)C(=O)CC1CCc2cc(OC)c(OC)cc21. The fraction of sp³-hybridized carbons (Fsp3) is 0.611. The molecule has 1 aliphatic rings. The lowest BCUT2D eigenvalue weighted by atomic mass is 9.96. The van der Waals surface area contributed by atoms with Gasteiger partial charge in [0, 0.05) is 20.0 Å². The monoisotopic (exact) mass is 305 g/mol. The van der Waals surface area contributed by atoms with E-state index in [0.29, 0.717) is 12.3 Å². The molecule has 1 aliphatic carbocycles. The number of amides is 1. The van der Waals surface area contributed by atoms with E-state index >= 15 is 0 Å². The number of hydrogen-bond acceptors (Lipinski definition) is 3. The van der Waals surface area contributed by atoms with E-state index < -0.39 is 0 Å². The summed E-state index contributed by atoms with van der Waals surface area (Å²) in [6.45, 7) is 2.99. The molecule has 1 unspecified atom stereocenters. The molecule has 0 heterocycles. The van der Waals surface area contributed by atoms with Crippen LogP contribution in [0.15, 0.2) is 12.1 Å². The largest absolute Gasteiger partial charge is 0.493 e. The number of ether oxygens (including phenoxy) is 2. The molecule has 0 spiro atoms. The van der Waals surface area contributed by atoms with Crippen molar-refractivity contribution in [2.75, 3.05) is 27.8 Å². The minimum atomic E-state index is 0.237. The second-order valence-electron chi connectivity index (χ2n) is 6.01. The summed E-state index contributed by atoms with van der Waals surface area (Å²) in [7, 11) is 5.21. The molecule has 0 aromatic heterocycles. The average molecular weight is 305 g/mol. The molecule has 1 aromatic carbocycles. The van der Waals surface area contributed by atoms with E-state index in [1.165, 1.54) is 11.1 Å². The third-order valence-corrected chi connectivity index (χ3v) is 4.54. The Morgan fingerprint density at radius 1 is 1.27 bits per heavy atom. The van der Waals surface area contributed by atoms with Crippen LogP contribution in [0.5, 0.6) is 11.5 Å². The fourth-order valence-corrected chi connectivity index (χ4v) is 3.12. The Morgan fingerprint density at radius 2 is 1.95 bits per heavy atom. The van der Waals surface area contributed by atoms with Crippen LogP contribution in [0.1, 0.15) is 49.7 Å². The zero-order valence-electron chi connectivity index (χ0n) is 14.1. The molecular weight excluding hydrogens is 278 g/mol. The van der Waals surface area contributed by atoms with E-state index in [-0.39, 0.29) is 5.91 Å². The van der Waals surface area contributed by atoms with E-state index in [4.69, 9.17) is 9.47 Å². The van der Waals surface area contributed by atoms with Gasteiger partial charge in [-0.1, -0.05) is 13.3 Å². The maximum absolute atomic E-state index is 12.4. The van der Waals surface area contributed by atoms with Gasteiger partial charge in [0.25, 0.3) is 0 Å². The Hall–Kier alpha value is -1.71. The van der Waals surface area contributed by atoms with Gasteiger partial charge in [-0.25, -0.2) is 0 Å². The third kappa shape index (κ3) is 3.54. The van der Waals surface area contributed by atoms with Crippen molar-refractivity contribution in [2.24, 2.45) is 0 Å². The molecule has 1 amide bonds. The van der Waals surface area contributed by atoms with Gasteiger partial charge in [0.2, 0.25) is 5.91 Å². The zero-order chi connectivity index (χ0) is 16.1. The molecule has 0 fully saturated rings. The minimum Gasteiger partial charge on any atom is -0.493 e. The number of fused-ring (bicyclic) bond motifs is 1. The van der Waals surface area contributed by atoms with Gasteiger partial charge in [-0.05, 0) is 48.4 Å². The molecule has 122 valence electrons. The van der Waals surface area contributed by atoms with E-state index in [1.54, 1.807) is 14.2 Å².